The SMILES string of the molecule is Cc1ccc(Cl)c2c1NC(=O)C2=Nc1ccc(Oc2cccc3ccccc23)cc1. The van der Waals surface area contributed by atoms with Gasteiger partial charge in [0.1, 0.15) is 17.2 Å². The van der Waals surface area contributed by atoms with Crippen LogP contribution < -0.4 is 10.1 Å². The number of benzene rings is 4. The number of carbonyl (C=O) groups excluding carboxylic acids is 1. The van der Waals surface area contributed by atoms with E-state index in [9.17, 15) is 4.79 Å². The zero-order chi connectivity index (χ0) is 20.7. The second-order valence-electron chi connectivity index (χ2n) is 7.10. The predicted octanol–water partition coefficient (Wildman–Crippen LogP) is 6.67. The van der Waals surface area contributed by atoms with E-state index in [1.807, 2.05) is 67.6 Å². The van der Waals surface area contributed by atoms with Crippen molar-refractivity contribution in [2.45, 2.75) is 6.92 Å². The van der Waals surface area contributed by atoms with Crippen LogP contribution in [-0.4, -0.2) is 11.6 Å². The third kappa shape index (κ3) is 3.21. The molecule has 4 aromatic carbocycles. The van der Waals surface area contributed by atoms with E-state index in [4.69, 9.17) is 16.3 Å². The van der Waals surface area contributed by atoms with Crippen LogP contribution in [0.4, 0.5) is 11.4 Å². The molecular weight excluding hydrogens is 396 g/mol. The van der Waals surface area contributed by atoms with Crippen LogP contribution in [-0.2, 0) is 4.79 Å². The Labute approximate surface area is 178 Å². The van der Waals surface area contributed by atoms with Crippen LogP contribution in [0.25, 0.3) is 10.8 Å². The van der Waals surface area contributed by atoms with Gasteiger partial charge >= 0.3 is 0 Å². The van der Waals surface area contributed by atoms with Gasteiger partial charge in [-0.3, -0.25) is 4.79 Å². The maximum atomic E-state index is 12.4. The summed E-state index contributed by atoms with van der Waals surface area (Å²) in [6, 6.07) is 25.0. The maximum Gasteiger partial charge on any atom is 0.275 e. The van der Waals surface area contributed by atoms with Gasteiger partial charge in [0.05, 0.1) is 16.4 Å². The molecule has 4 aromatic rings. The summed E-state index contributed by atoms with van der Waals surface area (Å²) in [5, 5.41) is 5.53. The number of fused-ring (bicyclic) bond motifs is 2. The lowest BCUT2D eigenvalue weighted by Crippen LogP contribution is -2.14. The molecule has 1 aliphatic rings. The van der Waals surface area contributed by atoms with E-state index in [1.165, 1.54) is 0 Å². The Hall–Kier alpha value is -3.63. The summed E-state index contributed by atoms with van der Waals surface area (Å²) in [5.74, 6) is 1.23. The van der Waals surface area contributed by atoms with Crippen molar-refractivity contribution in [2.75, 3.05) is 5.32 Å². The molecule has 5 heteroatoms. The van der Waals surface area contributed by atoms with Crippen LogP contribution in [0.1, 0.15) is 11.1 Å². The normalized spacial score (nSPS) is 14.1. The molecule has 0 bridgehead atoms. The van der Waals surface area contributed by atoms with E-state index in [0.717, 1.165) is 27.8 Å². The van der Waals surface area contributed by atoms with Crippen molar-refractivity contribution in [2.24, 2.45) is 4.99 Å². The van der Waals surface area contributed by atoms with E-state index in [0.29, 0.717) is 27.7 Å². The topological polar surface area (TPSA) is 50.7 Å². The number of nitrogens with zero attached hydrogens (tertiary/aromatic N) is 1. The molecule has 1 amide bonds. The smallest absolute Gasteiger partial charge is 0.275 e. The van der Waals surface area contributed by atoms with Crippen molar-refractivity contribution in [3.8, 4) is 11.5 Å². The first-order valence-electron chi connectivity index (χ1n) is 9.55. The minimum Gasteiger partial charge on any atom is -0.457 e. The van der Waals surface area contributed by atoms with Crippen molar-refractivity contribution < 1.29 is 9.53 Å². The van der Waals surface area contributed by atoms with Crippen LogP contribution in [0, 0.1) is 6.92 Å². The van der Waals surface area contributed by atoms with Gasteiger partial charge < -0.3 is 10.1 Å². The van der Waals surface area contributed by atoms with Crippen molar-refractivity contribution in [1.82, 2.24) is 0 Å². The highest BCUT2D eigenvalue weighted by Gasteiger charge is 2.29. The van der Waals surface area contributed by atoms with Gasteiger partial charge in [0.25, 0.3) is 5.91 Å². The van der Waals surface area contributed by atoms with E-state index in [2.05, 4.69) is 22.4 Å². The molecule has 30 heavy (non-hydrogen) atoms. The molecule has 1 aliphatic heterocycles. The summed E-state index contributed by atoms with van der Waals surface area (Å²) in [7, 11) is 0. The molecule has 0 saturated carbocycles. The average Bonchev–Trinajstić information content (AvgIpc) is 3.10. The van der Waals surface area contributed by atoms with Crippen LogP contribution >= 0.6 is 11.6 Å². The lowest BCUT2D eigenvalue weighted by Gasteiger charge is -2.09. The number of ether oxygens (including phenoxy) is 1. The fourth-order valence-electron chi connectivity index (χ4n) is 3.60. The fraction of sp³-hybridized carbons (Fsp3) is 0.0400. The third-order valence-electron chi connectivity index (χ3n) is 5.11. The minimum atomic E-state index is -0.253. The van der Waals surface area contributed by atoms with Gasteiger partial charge in [-0.05, 0) is 54.3 Å². The first-order chi connectivity index (χ1) is 14.6. The lowest BCUT2D eigenvalue weighted by atomic mass is 10.1. The fourth-order valence-corrected chi connectivity index (χ4v) is 3.84. The van der Waals surface area contributed by atoms with Crippen molar-refractivity contribution >= 4 is 45.4 Å². The van der Waals surface area contributed by atoms with Gasteiger partial charge in [-0.15, -0.1) is 0 Å². The summed E-state index contributed by atoms with van der Waals surface area (Å²) in [6.07, 6.45) is 0. The number of halogens is 1. The highest BCUT2D eigenvalue weighted by atomic mass is 35.5. The predicted molar refractivity (Wildman–Crippen MR) is 121 cm³/mol. The number of rotatable bonds is 3. The molecule has 0 atom stereocenters. The third-order valence-corrected chi connectivity index (χ3v) is 5.42. The van der Waals surface area contributed by atoms with E-state index in [1.54, 1.807) is 6.07 Å². The number of hydrogen-bond acceptors (Lipinski definition) is 3. The van der Waals surface area contributed by atoms with Crippen LogP contribution in [0.2, 0.25) is 5.02 Å². The van der Waals surface area contributed by atoms with Crippen molar-refractivity contribution in [1.29, 1.82) is 0 Å². The quantitative estimate of drug-likeness (QED) is 0.408. The first kappa shape index (κ1) is 18.4. The molecule has 1 N–H and O–H groups in total. The number of carbonyl (C=O) groups is 1. The zero-order valence-corrected chi connectivity index (χ0v) is 16.9. The van der Waals surface area contributed by atoms with Crippen molar-refractivity contribution in [3.05, 3.63) is 95.0 Å². The van der Waals surface area contributed by atoms with Gasteiger partial charge in [0.2, 0.25) is 0 Å². The summed E-state index contributed by atoms with van der Waals surface area (Å²) in [4.78, 5) is 17.0. The molecule has 0 unspecified atom stereocenters. The summed E-state index contributed by atoms with van der Waals surface area (Å²) >= 11 is 6.34. The second kappa shape index (κ2) is 7.32. The number of nitrogens with one attached hydrogen (secondary N) is 1. The summed E-state index contributed by atoms with van der Waals surface area (Å²) < 4.78 is 6.08. The molecule has 0 fully saturated rings. The van der Waals surface area contributed by atoms with Gasteiger partial charge in [0.15, 0.2) is 0 Å². The van der Waals surface area contributed by atoms with Crippen LogP contribution in [0.5, 0.6) is 11.5 Å². The molecule has 4 nitrogen and oxygen atoms in total. The Balaban J connectivity index is 1.45. The van der Waals surface area contributed by atoms with E-state index < -0.39 is 0 Å². The highest BCUT2D eigenvalue weighted by molar-refractivity contribution is 6.57. The zero-order valence-electron chi connectivity index (χ0n) is 16.1. The second-order valence-corrected chi connectivity index (χ2v) is 7.51. The Morgan fingerprint density at radius 3 is 2.50 bits per heavy atom. The molecule has 1 heterocycles. The molecule has 0 aliphatic carbocycles. The van der Waals surface area contributed by atoms with Crippen LogP contribution in [0.15, 0.2) is 83.9 Å². The van der Waals surface area contributed by atoms with Gasteiger partial charge in [-0.1, -0.05) is 54.1 Å². The largest absolute Gasteiger partial charge is 0.457 e. The minimum absolute atomic E-state index is 0.253. The Morgan fingerprint density at radius 1 is 0.900 bits per heavy atom. The first-order valence-corrected chi connectivity index (χ1v) is 9.93. The van der Waals surface area contributed by atoms with E-state index >= 15 is 0 Å². The Kier molecular flexibility index (Phi) is 4.49. The number of aliphatic imine (C=N–C) groups is 1. The molecule has 0 saturated heterocycles. The maximum absolute atomic E-state index is 12.4. The van der Waals surface area contributed by atoms with Gasteiger partial charge in [0, 0.05) is 10.9 Å². The molecule has 0 spiro atoms. The molecule has 0 aromatic heterocycles. The number of hydrogen-bond donors (Lipinski definition) is 1. The monoisotopic (exact) mass is 412 g/mol. The number of anilines is 1. The molecule has 5 rings (SSSR count). The number of aryl methyl sites for hydroxylation is 1. The highest BCUT2D eigenvalue weighted by Crippen LogP contribution is 2.35. The standard InChI is InChI=1S/C25H17ClN2O2/c1-15-9-14-20(26)22-23(15)28-25(29)24(22)27-17-10-12-18(13-11-17)30-21-8-4-6-16-5-2-3-7-19(16)21/h2-14H,1H3,(H,27,28,29). The molecular formula is C25H17ClN2O2. The molecule has 0 radical (unpaired) electrons. The summed E-state index contributed by atoms with van der Waals surface area (Å²) in [6.45, 7) is 1.93. The van der Waals surface area contributed by atoms with Crippen molar-refractivity contribution in [3.63, 3.8) is 0 Å². The van der Waals surface area contributed by atoms with E-state index in [-0.39, 0.29) is 5.91 Å². The number of amides is 1. The van der Waals surface area contributed by atoms with Gasteiger partial charge in [-0.2, -0.15) is 0 Å². The lowest BCUT2D eigenvalue weighted by molar-refractivity contribution is -0.110. The summed E-state index contributed by atoms with van der Waals surface area (Å²) in [5.41, 5.74) is 3.30. The Morgan fingerprint density at radius 2 is 1.67 bits per heavy atom. The van der Waals surface area contributed by atoms with Crippen LogP contribution in [0.3, 0.4) is 0 Å². The molecule has 146 valence electrons. The average molecular weight is 413 g/mol. The Bertz CT molecular complexity index is 1320. The van der Waals surface area contributed by atoms with Gasteiger partial charge in [-0.25, -0.2) is 4.99 Å².